The molecule has 2 rings (SSSR count). The Labute approximate surface area is 123 Å². The molecule has 0 N–H and O–H groups in total. The first-order valence-corrected chi connectivity index (χ1v) is 6.34. The smallest absolute Gasteiger partial charge is 0.324 e. The van der Waals surface area contributed by atoms with Crippen molar-refractivity contribution in [1.29, 1.82) is 0 Å². The minimum absolute atomic E-state index is 0.221. The highest BCUT2D eigenvalue weighted by Crippen LogP contribution is 2.18. The van der Waals surface area contributed by atoms with Gasteiger partial charge in [0.1, 0.15) is 5.75 Å². The summed E-state index contributed by atoms with van der Waals surface area (Å²) in [5, 5.41) is 0. The molecule has 0 bridgehead atoms. The molecule has 0 spiro atoms. The van der Waals surface area contributed by atoms with Gasteiger partial charge in [-0.05, 0) is 17.7 Å². The SMILES string of the molecule is COc1ccc(CN(C)c2nc(OC)nc(OC)n2)cc1. The van der Waals surface area contributed by atoms with E-state index < -0.39 is 0 Å². The van der Waals surface area contributed by atoms with Gasteiger partial charge >= 0.3 is 12.0 Å². The quantitative estimate of drug-likeness (QED) is 0.799. The molecule has 0 unspecified atom stereocenters. The van der Waals surface area contributed by atoms with Crippen molar-refractivity contribution in [2.75, 3.05) is 33.3 Å². The van der Waals surface area contributed by atoms with E-state index in [1.54, 1.807) is 7.11 Å². The Bertz CT molecular complexity index is 567. The summed E-state index contributed by atoms with van der Waals surface area (Å²) in [7, 11) is 6.53. The molecule has 0 saturated carbocycles. The summed E-state index contributed by atoms with van der Waals surface area (Å²) in [5.41, 5.74) is 1.11. The summed E-state index contributed by atoms with van der Waals surface area (Å²) in [6, 6.07) is 8.25. The van der Waals surface area contributed by atoms with Gasteiger partial charge in [-0.3, -0.25) is 0 Å². The van der Waals surface area contributed by atoms with E-state index in [0.29, 0.717) is 12.5 Å². The van der Waals surface area contributed by atoms with Crippen molar-refractivity contribution < 1.29 is 14.2 Å². The van der Waals surface area contributed by atoms with Crippen molar-refractivity contribution in [2.24, 2.45) is 0 Å². The van der Waals surface area contributed by atoms with Crippen molar-refractivity contribution in [2.45, 2.75) is 6.54 Å². The molecule has 112 valence electrons. The van der Waals surface area contributed by atoms with Crippen LogP contribution in [0.4, 0.5) is 5.95 Å². The first-order valence-electron chi connectivity index (χ1n) is 6.34. The van der Waals surface area contributed by atoms with Crippen molar-refractivity contribution >= 4 is 5.95 Å². The third-order valence-corrected chi connectivity index (χ3v) is 2.87. The monoisotopic (exact) mass is 290 g/mol. The minimum Gasteiger partial charge on any atom is -0.497 e. The molecule has 0 aliphatic heterocycles. The Morgan fingerprint density at radius 1 is 0.857 bits per heavy atom. The van der Waals surface area contributed by atoms with Crippen molar-refractivity contribution in [3.63, 3.8) is 0 Å². The molecule has 1 heterocycles. The third-order valence-electron chi connectivity index (χ3n) is 2.87. The van der Waals surface area contributed by atoms with Crippen LogP contribution in [0.15, 0.2) is 24.3 Å². The van der Waals surface area contributed by atoms with E-state index in [0.717, 1.165) is 11.3 Å². The summed E-state index contributed by atoms with van der Waals surface area (Å²) >= 11 is 0. The fourth-order valence-corrected chi connectivity index (χ4v) is 1.76. The van der Waals surface area contributed by atoms with Gasteiger partial charge in [0.25, 0.3) is 0 Å². The van der Waals surface area contributed by atoms with E-state index in [-0.39, 0.29) is 12.0 Å². The maximum absolute atomic E-state index is 5.14. The summed E-state index contributed by atoms with van der Waals surface area (Å²) < 4.78 is 15.2. The largest absolute Gasteiger partial charge is 0.497 e. The first kappa shape index (κ1) is 14.8. The van der Waals surface area contributed by atoms with E-state index in [1.165, 1.54) is 14.2 Å². The van der Waals surface area contributed by atoms with E-state index in [1.807, 2.05) is 36.2 Å². The molecular weight excluding hydrogens is 272 g/mol. The van der Waals surface area contributed by atoms with Gasteiger partial charge in [0, 0.05) is 13.6 Å². The Morgan fingerprint density at radius 3 is 1.90 bits per heavy atom. The Morgan fingerprint density at radius 2 is 1.43 bits per heavy atom. The summed E-state index contributed by atoms with van der Waals surface area (Å²) in [6.45, 7) is 0.639. The van der Waals surface area contributed by atoms with Crippen LogP contribution in [0, 0.1) is 0 Å². The average molecular weight is 290 g/mol. The van der Waals surface area contributed by atoms with Crippen molar-refractivity contribution in [3.8, 4) is 17.8 Å². The van der Waals surface area contributed by atoms with Gasteiger partial charge in [0.15, 0.2) is 0 Å². The second-order valence-corrected chi connectivity index (χ2v) is 4.31. The number of rotatable bonds is 6. The standard InChI is InChI=1S/C14H18N4O3/c1-18(9-10-5-7-11(19-2)8-6-10)12-15-13(20-3)17-14(16-12)21-4/h5-8H,9H2,1-4H3. The number of anilines is 1. The van der Waals surface area contributed by atoms with Crippen molar-refractivity contribution in [3.05, 3.63) is 29.8 Å². The highest BCUT2D eigenvalue weighted by Gasteiger charge is 2.11. The van der Waals surface area contributed by atoms with Crippen LogP contribution in [0.5, 0.6) is 17.8 Å². The molecular formula is C14H18N4O3. The molecule has 0 aliphatic carbocycles. The van der Waals surface area contributed by atoms with Crippen LogP contribution in [-0.4, -0.2) is 43.3 Å². The van der Waals surface area contributed by atoms with Crippen LogP contribution < -0.4 is 19.1 Å². The third kappa shape index (κ3) is 3.71. The number of hydrogen-bond acceptors (Lipinski definition) is 7. The minimum atomic E-state index is 0.221. The second-order valence-electron chi connectivity index (χ2n) is 4.31. The number of ether oxygens (including phenoxy) is 3. The molecule has 0 saturated heterocycles. The lowest BCUT2D eigenvalue weighted by atomic mass is 10.2. The first-order chi connectivity index (χ1) is 10.2. The van der Waals surface area contributed by atoms with E-state index in [4.69, 9.17) is 14.2 Å². The zero-order valence-corrected chi connectivity index (χ0v) is 12.5. The maximum atomic E-state index is 5.14. The van der Waals surface area contributed by atoms with Gasteiger partial charge in [-0.1, -0.05) is 12.1 Å². The zero-order chi connectivity index (χ0) is 15.2. The molecule has 0 radical (unpaired) electrons. The van der Waals surface area contributed by atoms with Gasteiger partial charge < -0.3 is 19.1 Å². The topological polar surface area (TPSA) is 69.6 Å². The van der Waals surface area contributed by atoms with Crippen LogP contribution in [-0.2, 0) is 6.54 Å². The lowest BCUT2D eigenvalue weighted by Crippen LogP contribution is -2.20. The van der Waals surface area contributed by atoms with Crippen LogP contribution >= 0.6 is 0 Å². The maximum Gasteiger partial charge on any atom is 0.324 e. The van der Waals surface area contributed by atoms with Crippen LogP contribution in [0.25, 0.3) is 0 Å². The number of benzene rings is 1. The predicted molar refractivity (Wildman–Crippen MR) is 78.0 cm³/mol. The molecule has 1 aromatic carbocycles. The average Bonchev–Trinajstić information content (AvgIpc) is 2.54. The van der Waals surface area contributed by atoms with Gasteiger partial charge in [0.2, 0.25) is 5.95 Å². The molecule has 7 heteroatoms. The fourth-order valence-electron chi connectivity index (χ4n) is 1.76. The Hall–Kier alpha value is -2.57. The number of methoxy groups -OCH3 is 3. The van der Waals surface area contributed by atoms with Gasteiger partial charge in [-0.25, -0.2) is 0 Å². The second kappa shape index (κ2) is 6.74. The molecule has 2 aromatic rings. The molecule has 0 amide bonds. The lowest BCUT2D eigenvalue weighted by Gasteiger charge is -2.17. The Kier molecular flexibility index (Phi) is 4.76. The highest BCUT2D eigenvalue weighted by molar-refractivity contribution is 5.35. The molecule has 1 aromatic heterocycles. The van der Waals surface area contributed by atoms with Crippen LogP contribution in [0.2, 0.25) is 0 Å². The van der Waals surface area contributed by atoms with Crippen molar-refractivity contribution in [1.82, 2.24) is 15.0 Å². The number of nitrogens with zero attached hydrogens (tertiary/aromatic N) is 4. The van der Waals surface area contributed by atoms with E-state index >= 15 is 0 Å². The van der Waals surface area contributed by atoms with Crippen LogP contribution in [0.1, 0.15) is 5.56 Å². The summed E-state index contributed by atoms with van der Waals surface area (Å²) in [4.78, 5) is 14.3. The number of aromatic nitrogens is 3. The molecule has 7 nitrogen and oxygen atoms in total. The molecule has 0 fully saturated rings. The normalized spacial score (nSPS) is 10.1. The molecule has 0 atom stereocenters. The molecule has 21 heavy (non-hydrogen) atoms. The van der Waals surface area contributed by atoms with E-state index in [2.05, 4.69) is 15.0 Å². The van der Waals surface area contributed by atoms with E-state index in [9.17, 15) is 0 Å². The zero-order valence-electron chi connectivity index (χ0n) is 12.5. The van der Waals surface area contributed by atoms with Gasteiger partial charge in [-0.15, -0.1) is 4.98 Å². The lowest BCUT2D eigenvalue weighted by molar-refractivity contribution is 0.340. The fraction of sp³-hybridized carbons (Fsp3) is 0.357. The predicted octanol–water partition coefficient (Wildman–Crippen LogP) is 1.53. The van der Waals surface area contributed by atoms with Gasteiger partial charge in [-0.2, -0.15) is 9.97 Å². The molecule has 0 aliphatic rings. The highest BCUT2D eigenvalue weighted by atomic mass is 16.5. The van der Waals surface area contributed by atoms with Crippen LogP contribution in [0.3, 0.4) is 0 Å². The van der Waals surface area contributed by atoms with Gasteiger partial charge in [0.05, 0.1) is 21.3 Å². The number of hydrogen-bond donors (Lipinski definition) is 0. The Balaban J connectivity index is 2.16. The summed E-state index contributed by atoms with van der Waals surface area (Å²) in [5.74, 6) is 1.31. The summed E-state index contributed by atoms with van der Waals surface area (Å²) in [6.07, 6.45) is 0.